The Morgan fingerprint density at radius 1 is 1.06 bits per heavy atom. The number of nitrogens with zero attached hydrogens (tertiary/aromatic N) is 5. The van der Waals surface area contributed by atoms with Crippen LogP contribution in [-0.2, 0) is 20.9 Å². The van der Waals surface area contributed by atoms with Gasteiger partial charge in [-0.1, -0.05) is 36.4 Å². The van der Waals surface area contributed by atoms with Crippen molar-refractivity contribution in [1.29, 1.82) is 0 Å². The molecule has 14 heteroatoms. The molecule has 3 aromatic rings. The molecule has 0 bridgehead atoms. The summed E-state index contributed by atoms with van der Waals surface area (Å²) in [5.41, 5.74) is 0.622. The molecule has 0 aliphatic carbocycles. The third kappa shape index (κ3) is 7.67. The van der Waals surface area contributed by atoms with Gasteiger partial charge in [0.15, 0.2) is 5.78 Å². The number of ether oxygens (including phenoxy) is 3. The van der Waals surface area contributed by atoms with E-state index in [1.807, 2.05) is 0 Å². The van der Waals surface area contributed by atoms with Crippen LogP contribution >= 0.6 is 23.2 Å². The number of aromatic nitrogens is 3. The Morgan fingerprint density at radius 2 is 1.77 bits per heavy atom. The Labute approximate surface area is 289 Å². The number of amides is 1. The van der Waals surface area contributed by atoms with Crippen LogP contribution in [0.1, 0.15) is 19.3 Å². The number of methoxy groups -OCH3 is 2. The molecule has 0 spiro atoms. The number of nitrogens with one attached hydrogen (secondary N) is 1. The molecule has 1 aromatic carbocycles. The molecule has 12 nitrogen and oxygen atoms in total. The van der Waals surface area contributed by atoms with Crippen LogP contribution < -0.4 is 20.3 Å². The Morgan fingerprint density at radius 3 is 2.42 bits per heavy atom. The van der Waals surface area contributed by atoms with Gasteiger partial charge in [-0.2, -0.15) is 4.98 Å². The molecule has 0 saturated carbocycles. The molecule has 2 aliphatic rings. The van der Waals surface area contributed by atoms with Crippen molar-refractivity contribution in [2.24, 2.45) is 5.92 Å². The van der Waals surface area contributed by atoms with Crippen molar-refractivity contribution in [3.05, 3.63) is 64.0 Å². The normalized spacial score (nSPS) is 18.4. The number of aryl methyl sites for hydroxylation is 1. The summed E-state index contributed by atoms with van der Waals surface area (Å²) < 4.78 is 18.3. The monoisotopic (exact) mass is 698 g/mol. The number of rotatable bonds is 13. The molecule has 4 heterocycles. The first-order valence-corrected chi connectivity index (χ1v) is 16.6. The first-order chi connectivity index (χ1) is 23.2. The van der Waals surface area contributed by atoms with Crippen molar-refractivity contribution in [3.8, 4) is 22.6 Å². The summed E-state index contributed by atoms with van der Waals surface area (Å²) in [5, 5.41) is 4.30. The molecular formula is C34H40Cl2N6O6. The topological polar surface area (TPSA) is 128 Å². The number of ketones is 1. The van der Waals surface area contributed by atoms with E-state index in [0.29, 0.717) is 87.1 Å². The second kappa shape index (κ2) is 16.0. The summed E-state index contributed by atoms with van der Waals surface area (Å²) in [6, 6.07) is 3.05. The molecule has 2 aromatic heterocycles. The summed E-state index contributed by atoms with van der Waals surface area (Å²) in [7, 11) is 2.95. The zero-order valence-electron chi connectivity index (χ0n) is 27.2. The first kappa shape index (κ1) is 35.3. The van der Waals surface area contributed by atoms with Crippen molar-refractivity contribution in [3.63, 3.8) is 0 Å². The number of benzene rings is 1. The fourth-order valence-corrected chi connectivity index (χ4v) is 6.91. The van der Waals surface area contributed by atoms with E-state index in [1.54, 1.807) is 27.8 Å². The highest BCUT2D eigenvalue weighted by molar-refractivity contribution is 6.41. The van der Waals surface area contributed by atoms with Crippen molar-refractivity contribution >= 4 is 51.9 Å². The maximum atomic E-state index is 14.4. The zero-order valence-corrected chi connectivity index (χ0v) is 28.7. The van der Waals surface area contributed by atoms with Gasteiger partial charge in [0.25, 0.3) is 5.56 Å². The molecule has 5 rings (SSSR count). The number of pyridine rings is 1. The van der Waals surface area contributed by atoms with E-state index in [-0.39, 0.29) is 50.4 Å². The molecule has 1 N–H and O–H groups in total. The van der Waals surface area contributed by atoms with E-state index >= 15 is 0 Å². The van der Waals surface area contributed by atoms with Crippen LogP contribution in [0, 0.1) is 5.92 Å². The molecule has 2 atom stereocenters. The van der Waals surface area contributed by atoms with Gasteiger partial charge in [-0.15, -0.1) is 0 Å². The number of halogens is 2. The summed E-state index contributed by atoms with van der Waals surface area (Å²) in [5.74, 6) is 0.846. The van der Waals surface area contributed by atoms with Gasteiger partial charge in [-0.25, -0.2) is 4.98 Å². The molecule has 48 heavy (non-hydrogen) atoms. The van der Waals surface area contributed by atoms with Crippen LogP contribution in [0.25, 0.3) is 22.2 Å². The minimum Gasteiger partial charge on any atom is -0.495 e. The minimum atomic E-state index is -0.344. The van der Waals surface area contributed by atoms with Gasteiger partial charge < -0.3 is 24.4 Å². The maximum Gasteiger partial charge on any atom is 0.260 e. The Balaban J connectivity index is 1.51. The van der Waals surface area contributed by atoms with E-state index in [4.69, 9.17) is 42.4 Å². The lowest BCUT2D eigenvalue weighted by Gasteiger charge is -2.34. The number of piperazine rings is 1. The average Bonchev–Trinajstić information content (AvgIpc) is 3.10. The molecule has 2 fully saturated rings. The van der Waals surface area contributed by atoms with Gasteiger partial charge in [-0.3, -0.25) is 23.9 Å². The largest absolute Gasteiger partial charge is 0.495 e. The third-order valence-electron chi connectivity index (χ3n) is 8.89. The number of hydrogen-bond donors (Lipinski definition) is 1. The van der Waals surface area contributed by atoms with Crippen LogP contribution in [0.15, 0.2) is 48.4 Å². The molecule has 0 radical (unpaired) electrons. The Kier molecular flexibility index (Phi) is 11.7. The first-order valence-electron chi connectivity index (χ1n) is 15.8. The zero-order chi connectivity index (χ0) is 34.4. The molecule has 1 amide bonds. The highest BCUT2D eigenvalue weighted by Gasteiger charge is 2.29. The smallest absolute Gasteiger partial charge is 0.260 e. The number of allylic oxidation sites excluding steroid dienone is 1. The summed E-state index contributed by atoms with van der Waals surface area (Å²) in [6.45, 7) is 11.9. The van der Waals surface area contributed by atoms with Crippen molar-refractivity contribution in [2.45, 2.75) is 31.8 Å². The van der Waals surface area contributed by atoms with Gasteiger partial charge >= 0.3 is 0 Å². The second-order valence-corrected chi connectivity index (χ2v) is 12.5. The van der Waals surface area contributed by atoms with Crippen molar-refractivity contribution in [2.75, 3.05) is 65.5 Å². The predicted molar refractivity (Wildman–Crippen MR) is 186 cm³/mol. The lowest BCUT2D eigenvalue weighted by atomic mass is 9.90. The number of anilines is 1. The average molecular weight is 700 g/mol. The second-order valence-electron chi connectivity index (χ2n) is 11.7. The van der Waals surface area contributed by atoms with Crippen LogP contribution in [-0.4, -0.2) is 102 Å². The standard InChI is InChI=1S/C34H40Cl2N6O6/c1-5-23(43)16-21-8-15-48-20-25(21)38-34-37-19-22-17-24(29-30(35)26(46-3)18-27(47-4)31(29)36)33(45)42(32(22)39-34)10-7-9-40-11-13-41(14-12-40)28(44)6-2/h5-6,17-19,21,25H,1-2,7-16,20H2,3-4H3,(H,37,38,39). The Bertz CT molecular complexity index is 1730. The molecule has 2 saturated heterocycles. The third-order valence-corrected chi connectivity index (χ3v) is 9.64. The van der Waals surface area contributed by atoms with Gasteiger partial charge in [-0.05, 0) is 43.5 Å². The minimum absolute atomic E-state index is 0.0164. The van der Waals surface area contributed by atoms with Crippen LogP contribution in [0.5, 0.6) is 11.5 Å². The van der Waals surface area contributed by atoms with Gasteiger partial charge in [0, 0.05) is 69.0 Å². The highest BCUT2D eigenvalue weighted by Crippen LogP contribution is 2.45. The Hall–Kier alpha value is -3.97. The molecule has 256 valence electrons. The molecule has 2 unspecified atom stereocenters. The lowest BCUT2D eigenvalue weighted by molar-refractivity contribution is -0.127. The van der Waals surface area contributed by atoms with Crippen molar-refractivity contribution < 1.29 is 23.8 Å². The van der Waals surface area contributed by atoms with Crippen LogP contribution in [0.2, 0.25) is 10.0 Å². The molecular weight excluding hydrogens is 659 g/mol. The number of carbonyl (C=O) groups is 2. The fourth-order valence-electron chi connectivity index (χ4n) is 6.20. The van der Waals surface area contributed by atoms with E-state index < -0.39 is 0 Å². The maximum absolute atomic E-state index is 14.4. The quantitative estimate of drug-likeness (QED) is 0.256. The van der Waals surface area contributed by atoms with E-state index in [1.165, 1.54) is 26.4 Å². The summed E-state index contributed by atoms with van der Waals surface area (Å²) in [4.78, 5) is 52.0. The van der Waals surface area contributed by atoms with Crippen molar-refractivity contribution in [1.82, 2.24) is 24.3 Å². The number of hydrogen-bond acceptors (Lipinski definition) is 10. The summed E-state index contributed by atoms with van der Waals surface area (Å²) in [6.07, 6.45) is 6.00. The lowest BCUT2D eigenvalue weighted by Crippen LogP contribution is -2.48. The molecule has 2 aliphatic heterocycles. The van der Waals surface area contributed by atoms with Gasteiger partial charge in [0.2, 0.25) is 11.9 Å². The van der Waals surface area contributed by atoms with E-state index in [2.05, 4.69) is 28.4 Å². The number of fused-ring (bicyclic) bond motifs is 1. The predicted octanol–water partition coefficient (Wildman–Crippen LogP) is 4.47. The van der Waals surface area contributed by atoms with Gasteiger partial charge in [0.05, 0.1) is 42.5 Å². The SMILES string of the molecule is C=CC(=O)CC1CCOCC1Nc1ncc2cc(-c3c(Cl)c(OC)cc(OC)c3Cl)c(=O)n(CCCN3CCN(C(=O)C=C)CC3)c2n1. The van der Waals surface area contributed by atoms with Crippen LogP contribution in [0.4, 0.5) is 5.95 Å². The number of carbonyl (C=O) groups excluding carboxylic acids is 2. The highest BCUT2D eigenvalue weighted by atomic mass is 35.5. The van der Waals surface area contributed by atoms with Gasteiger partial charge in [0.1, 0.15) is 17.1 Å². The van der Waals surface area contributed by atoms with Crippen LogP contribution in [0.3, 0.4) is 0 Å². The fraction of sp³-hybridized carbons (Fsp3) is 0.441. The van der Waals surface area contributed by atoms with E-state index in [9.17, 15) is 14.4 Å². The summed E-state index contributed by atoms with van der Waals surface area (Å²) >= 11 is 13.5. The van der Waals surface area contributed by atoms with E-state index in [0.717, 1.165) is 13.1 Å².